The molecule has 12 rings (SSSR count). The number of fused-ring (bicyclic) bond motifs is 11. The largest absolute Gasteiger partial charge is 0.135 e. The van der Waals surface area contributed by atoms with Gasteiger partial charge in [-0.15, -0.1) is 22.7 Å². The van der Waals surface area contributed by atoms with Crippen LogP contribution in [0.5, 0.6) is 0 Å². The van der Waals surface area contributed by atoms with Gasteiger partial charge in [-0.1, -0.05) is 152 Å². The molecule has 0 amide bonds. The predicted octanol–water partition coefficient (Wildman–Crippen LogP) is 17.0. The molecule has 0 radical (unpaired) electrons. The van der Waals surface area contributed by atoms with Gasteiger partial charge in [0, 0.05) is 46.1 Å². The van der Waals surface area contributed by atoms with Crippen LogP contribution in [0.1, 0.15) is 5.71 Å². The smallest absolute Gasteiger partial charge is 0.0370 e. The number of hydrogen-bond acceptors (Lipinski definition) is 2. The second-order valence-electron chi connectivity index (χ2n) is 14.3. The van der Waals surface area contributed by atoms with Crippen LogP contribution >= 0.6 is 22.7 Å². The van der Waals surface area contributed by atoms with Crippen LogP contribution in [0.2, 0.25) is 0 Å². The number of rotatable bonds is 3. The van der Waals surface area contributed by atoms with E-state index in [0.717, 1.165) is 0 Å². The highest BCUT2D eigenvalue weighted by molar-refractivity contribution is 7.28. The molecule has 2 aromatic heterocycles. The Morgan fingerprint density at radius 3 is 1.56 bits per heavy atom. The lowest BCUT2D eigenvalue weighted by Gasteiger charge is -2.19. The number of thiophene rings is 2. The maximum atomic E-state index is 2.47. The monoisotopic (exact) mass is 726 g/mol. The van der Waals surface area contributed by atoms with Gasteiger partial charge < -0.3 is 0 Å². The van der Waals surface area contributed by atoms with E-state index in [1.165, 1.54) is 117 Å². The third-order valence-electron chi connectivity index (χ3n) is 11.4. The SMILES string of the molecule is [HH].[HH].[HH].[HH].c1ccc(-c2c3ccccc3c(-c3ccc(-c4ccc5sc6cc7sc8ccc9ccccc9c8c7cc6c5c4)c4ccccc34)c3ccccc23)cc1. The fourth-order valence-electron chi connectivity index (χ4n) is 9.09. The zero-order chi connectivity index (χ0) is 35.3. The molecule has 0 spiro atoms. The lowest BCUT2D eigenvalue weighted by molar-refractivity contribution is 1.66. The van der Waals surface area contributed by atoms with Crippen molar-refractivity contribution in [1.29, 1.82) is 0 Å². The van der Waals surface area contributed by atoms with Crippen molar-refractivity contribution in [3.63, 3.8) is 0 Å². The van der Waals surface area contributed by atoms with Crippen molar-refractivity contribution < 1.29 is 5.71 Å². The van der Waals surface area contributed by atoms with E-state index in [1.54, 1.807) is 0 Å². The Labute approximate surface area is 325 Å². The Bertz CT molecular complexity index is 3460. The minimum atomic E-state index is 0. The molecule has 0 bridgehead atoms. The summed E-state index contributed by atoms with van der Waals surface area (Å²) in [5, 5.41) is 15.7. The highest BCUT2D eigenvalue weighted by Gasteiger charge is 2.20. The van der Waals surface area contributed by atoms with Crippen LogP contribution in [0.25, 0.3) is 117 Å². The molecular weight excluding hydrogens is 689 g/mol. The quantitative estimate of drug-likeness (QED) is 0.159. The third kappa shape index (κ3) is 4.36. The normalized spacial score (nSPS) is 12.1. The molecule has 0 aliphatic heterocycles. The first-order valence-electron chi connectivity index (χ1n) is 18.5. The summed E-state index contributed by atoms with van der Waals surface area (Å²) < 4.78 is 5.40. The number of hydrogen-bond donors (Lipinski definition) is 0. The van der Waals surface area contributed by atoms with Crippen LogP contribution in [0.3, 0.4) is 0 Å². The van der Waals surface area contributed by atoms with Crippen molar-refractivity contribution in [3.05, 3.63) is 182 Å². The fourth-order valence-corrected chi connectivity index (χ4v) is 11.4. The topological polar surface area (TPSA) is 0 Å². The summed E-state index contributed by atoms with van der Waals surface area (Å²) in [5.41, 5.74) is 7.61. The minimum Gasteiger partial charge on any atom is -0.135 e. The van der Waals surface area contributed by atoms with Crippen LogP contribution in [0, 0.1) is 0 Å². The van der Waals surface area contributed by atoms with Gasteiger partial charge in [0.15, 0.2) is 0 Å². The third-order valence-corrected chi connectivity index (χ3v) is 13.7. The van der Waals surface area contributed by atoms with E-state index < -0.39 is 0 Å². The fraction of sp³-hybridized carbons (Fsp3) is 0. The molecule has 0 N–H and O–H groups in total. The molecule has 0 saturated heterocycles. The molecule has 10 aromatic carbocycles. The van der Waals surface area contributed by atoms with Gasteiger partial charge >= 0.3 is 0 Å². The molecule has 0 nitrogen and oxygen atoms in total. The zero-order valence-electron chi connectivity index (χ0n) is 29.1. The van der Waals surface area contributed by atoms with Crippen molar-refractivity contribution in [2.45, 2.75) is 0 Å². The summed E-state index contributed by atoms with van der Waals surface area (Å²) in [6.07, 6.45) is 0. The van der Waals surface area contributed by atoms with E-state index in [9.17, 15) is 0 Å². The molecule has 0 fully saturated rings. The van der Waals surface area contributed by atoms with Crippen molar-refractivity contribution in [2.24, 2.45) is 0 Å². The predicted molar refractivity (Wildman–Crippen MR) is 247 cm³/mol. The summed E-state index contributed by atoms with van der Waals surface area (Å²) in [6, 6.07) is 67.8. The van der Waals surface area contributed by atoms with Gasteiger partial charge in [-0.25, -0.2) is 0 Å². The van der Waals surface area contributed by atoms with E-state index in [-0.39, 0.29) is 5.71 Å². The Morgan fingerprint density at radius 2 is 0.815 bits per heavy atom. The van der Waals surface area contributed by atoms with E-state index >= 15 is 0 Å². The molecule has 0 atom stereocenters. The summed E-state index contributed by atoms with van der Waals surface area (Å²) in [6.45, 7) is 0. The van der Waals surface area contributed by atoms with E-state index in [4.69, 9.17) is 0 Å². The second kappa shape index (κ2) is 11.6. The van der Waals surface area contributed by atoms with Crippen LogP contribution in [0.15, 0.2) is 182 Å². The Hall–Kier alpha value is -6.32. The molecule has 0 aliphatic carbocycles. The standard InChI is InChI=1S/C52H30S2.4H2/c1-2-13-32(14-3-1)50-38-18-8-10-20-40(38)51(41-21-11-9-19-39(41)50)42-25-24-34(36-16-6-7-17-37(36)42)33-23-26-46-43(28-33)44-29-45-49(30-48(44)53-46)54-47-27-22-31-12-4-5-15-35(31)52(45)47;;;;/h1-30H;4*1H. The lowest BCUT2D eigenvalue weighted by atomic mass is 9.84. The van der Waals surface area contributed by atoms with Gasteiger partial charge in [-0.2, -0.15) is 0 Å². The maximum Gasteiger partial charge on any atom is 0.0370 e. The van der Waals surface area contributed by atoms with Gasteiger partial charge in [-0.3, -0.25) is 0 Å². The molecule has 2 heterocycles. The van der Waals surface area contributed by atoms with Crippen molar-refractivity contribution in [2.75, 3.05) is 0 Å². The average molecular weight is 727 g/mol. The first kappa shape index (κ1) is 30.2. The Morgan fingerprint density at radius 1 is 0.278 bits per heavy atom. The van der Waals surface area contributed by atoms with Crippen molar-refractivity contribution in [3.8, 4) is 33.4 Å². The summed E-state index contributed by atoms with van der Waals surface area (Å²) in [4.78, 5) is 0. The zero-order valence-corrected chi connectivity index (χ0v) is 30.8. The first-order valence-corrected chi connectivity index (χ1v) is 20.1. The van der Waals surface area contributed by atoms with E-state index in [0.29, 0.717) is 0 Å². The summed E-state index contributed by atoms with van der Waals surface area (Å²) in [5.74, 6) is 0. The van der Waals surface area contributed by atoms with Crippen molar-refractivity contribution >= 4 is 106 Å². The summed E-state index contributed by atoms with van der Waals surface area (Å²) >= 11 is 3.82. The van der Waals surface area contributed by atoms with Gasteiger partial charge in [0.05, 0.1) is 0 Å². The van der Waals surface area contributed by atoms with Gasteiger partial charge in [-0.05, 0) is 107 Å². The molecule has 0 aliphatic rings. The molecule has 0 unspecified atom stereocenters. The number of benzene rings is 10. The molecule has 0 saturated carbocycles. The average Bonchev–Trinajstić information content (AvgIpc) is 3.79. The highest BCUT2D eigenvalue weighted by Crippen LogP contribution is 2.48. The molecule has 54 heavy (non-hydrogen) atoms. The summed E-state index contributed by atoms with van der Waals surface area (Å²) in [7, 11) is 0. The Balaban J connectivity index is 0.00000117. The lowest BCUT2D eigenvalue weighted by Crippen LogP contribution is -1.92. The van der Waals surface area contributed by atoms with Crippen molar-refractivity contribution in [1.82, 2.24) is 0 Å². The first-order chi connectivity index (χ1) is 26.8. The maximum absolute atomic E-state index is 2.47. The molecular formula is C52H38S2. The van der Waals surface area contributed by atoms with Gasteiger partial charge in [0.25, 0.3) is 0 Å². The van der Waals surface area contributed by atoms with Gasteiger partial charge in [0.2, 0.25) is 0 Å². The van der Waals surface area contributed by atoms with Gasteiger partial charge in [0.1, 0.15) is 0 Å². The van der Waals surface area contributed by atoms with Crippen LogP contribution in [0.4, 0.5) is 0 Å². The molecule has 2 heteroatoms. The van der Waals surface area contributed by atoms with Crippen LogP contribution in [-0.4, -0.2) is 0 Å². The molecule has 258 valence electrons. The Kier molecular flexibility index (Phi) is 6.48. The van der Waals surface area contributed by atoms with E-state index in [2.05, 4.69) is 182 Å². The second-order valence-corrected chi connectivity index (χ2v) is 16.5. The molecule has 12 aromatic rings. The van der Waals surface area contributed by atoms with Crippen LogP contribution < -0.4 is 0 Å². The minimum absolute atomic E-state index is 0. The van der Waals surface area contributed by atoms with Crippen LogP contribution in [-0.2, 0) is 0 Å². The highest BCUT2D eigenvalue weighted by atomic mass is 32.1. The van der Waals surface area contributed by atoms with E-state index in [1.807, 2.05) is 22.7 Å².